The molecule has 0 aliphatic heterocycles. The van der Waals surface area contributed by atoms with Gasteiger partial charge < -0.3 is 10.6 Å². The average molecular weight is 333 g/mol. The largest absolute Gasteiger partial charge is 0.388 e. The topological polar surface area (TPSA) is 41.1 Å². The fourth-order valence-corrected chi connectivity index (χ4v) is 5.93. The highest BCUT2D eigenvalue weighted by atomic mass is 35.5. The second-order valence-corrected chi connectivity index (χ2v) is 8.45. The Kier molecular flexibility index (Phi) is 3.79. The zero-order chi connectivity index (χ0) is 16.0. The van der Waals surface area contributed by atoms with E-state index in [0.717, 1.165) is 30.0 Å². The van der Waals surface area contributed by atoms with Gasteiger partial charge in [0.15, 0.2) is 0 Å². The van der Waals surface area contributed by atoms with Crippen LogP contribution < -0.4 is 10.6 Å². The van der Waals surface area contributed by atoms with Gasteiger partial charge in [0.1, 0.15) is 0 Å². The number of hydrogen-bond acceptors (Lipinski definition) is 2. The molecule has 4 aliphatic carbocycles. The van der Waals surface area contributed by atoms with Crippen molar-refractivity contribution in [2.45, 2.75) is 38.5 Å². The summed E-state index contributed by atoms with van der Waals surface area (Å²) in [6.07, 6.45) is 8.23. The quantitative estimate of drug-likeness (QED) is 0.861. The van der Waals surface area contributed by atoms with Crippen LogP contribution in [0, 0.1) is 23.2 Å². The molecule has 0 heterocycles. The standard InChI is InChI=1S/C19H25ClN2O/c1-21-15-2-3-17(20)16(7-15)18(23)22-11-19-8-12-4-13(9-19)6-14(5-12)10-19/h2-3,7,12-14,21H,4-6,8-11H2,1H3,(H,22,23). The van der Waals surface area contributed by atoms with Crippen LogP contribution >= 0.6 is 11.6 Å². The van der Waals surface area contributed by atoms with E-state index in [1.165, 1.54) is 38.5 Å². The summed E-state index contributed by atoms with van der Waals surface area (Å²) in [6.45, 7) is 0.815. The van der Waals surface area contributed by atoms with E-state index >= 15 is 0 Å². The van der Waals surface area contributed by atoms with Gasteiger partial charge >= 0.3 is 0 Å². The van der Waals surface area contributed by atoms with Gasteiger partial charge in [-0.15, -0.1) is 0 Å². The number of carbonyl (C=O) groups excluding carboxylic acids is 1. The summed E-state index contributed by atoms with van der Waals surface area (Å²) in [5.41, 5.74) is 1.84. The number of benzene rings is 1. The van der Waals surface area contributed by atoms with Crippen LogP contribution in [0.4, 0.5) is 5.69 Å². The van der Waals surface area contributed by atoms with Gasteiger partial charge in [-0.05, 0) is 79.9 Å². The Morgan fingerprint density at radius 1 is 1.17 bits per heavy atom. The molecule has 1 amide bonds. The van der Waals surface area contributed by atoms with Gasteiger partial charge in [0.2, 0.25) is 0 Å². The molecule has 4 bridgehead atoms. The maximum atomic E-state index is 12.6. The highest BCUT2D eigenvalue weighted by Gasteiger charge is 2.50. The van der Waals surface area contributed by atoms with Gasteiger partial charge in [-0.2, -0.15) is 0 Å². The van der Waals surface area contributed by atoms with Crippen molar-refractivity contribution in [1.82, 2.24) is 5.32 Å². The molecule has 4 heteroatoms. The van der Waals surface area contributed by atoms with E-state index < -0.39 is 0 Å². The van der Waals surface area contributed by atoms with Crippen molar-refractivity contribution in [3.05, 3.63) is 28.8 Å². The van der Waals surface area contributed by atoms with E-state index in [-0.39, 0.29) is 5.91 Å². The Morgan fingerprint density at radius 3 is 2.35 bits per heavy atom. The fraction of sp³-hybridized carbons (Fsp3) is 0.632. The number of carbonyl (C=O) groups is 1. The molecule has 124 valence electrons. The average Bonchev–Trinajstić information content (AvgIpc) is 2.52. The first-order valence-corrected chi connectivity index (χ1v) is 9.20. The highest BCUT2D eigenvalue weighted by Crippen LogP contribution is 2.59. The molecule has 3 nitrogen and oxygen atoms in total. The van der Waals surface area contributed by atoms with Crippen molar-refractivity contribution in [2.75, 3.05) is 18.9 Å². The Labute approximate surface area is 143 Å². The number of anilines is 1. The smallest absolute Gasteiger partial charge is 0.252 e. The van der Waals surface area contributed by atoms with Crippen molar-refractivity contribution in [2.24, 2.45) is 23.2 Å². The molecule has 0 spiro atoms. The van der Waals surface area contributed by atoms with E-state index in [4.69, 9.17) is 11.6 Å². The first kappa shape index (κ1) is 15.3. The van der Waals surface area contributed by atoms with E-state index in [9.17, 15) is 4.79 Å². The monoisotopic (exact) mass is 332 g/mol. The van der Waals surface area contributed by atoms with E-state index in [1.54, 1.807) is 6.07 Å². The maximum Gasteiger partial charge on any atom is 0.252 e. The third-order valence-electron chi connectivity index (χ3n) is 6.29. The second kappa shape index (κ2) is 5.70. The number of hydrogen-bond donors (Lipinski definition) is 2. The normalized spacial score (nSPS) is 34.4. The predicted molar refractivity (Wildman–Crippen MR) is 93.9 cm³/mol. The minimum atomic E-state index is -0.0390. The SMILES string of the molecule is CNc1ccc(Cl)c(C(=O)NCC23CC4CC(CC(C4)C2)C3)c1. The lowest BCUT2D eigenvalue weighted by Crippen LogP contribution is -2.51. The summed E-state index contributed by atoms with van der Waals surface area (Å²) in [5.74, 6) is 2.70. The third kappa shape index (κ3) is 2.84. The van der Waals surface area contributed by atoms with E-state index in [0.29, 0.717) is 16.0 Å². The minimum absolute atomic E-state index is 0.0390. The highest BCUT2D eigenvalue weighted by molar-refractivity contribution is 6.34. The molecule has 5 rings (SSSR count). The van der Waals surface area contributed by atoms with Crippen molar-refractivity contribution in [1.29, 1.82) is 0 Å². The molecule has 2 N–H and O–H groups in total. The molecule has 0 atom stereocenters. The van der Waals surface area contributed by atoms with Crippen LogP contribution in [0.2, 0.25) is 5.02 Å². The lowest BCUT2D eigenvalue weighted by molar-refractivity contribution is -0.0503. The van der Waals surface area contributed by atoms with Crippen LogP contribution in [0.3, 0.4) is 0 Å². The van der Waals surface area contributed by atoms with Crippen LogP contribution in [0.15, 0.2) is 18.2 Å². The molecule has 4 saturated carbocycles. The molecule has 0 radical (unpaired) electrons. The molecule has 4 fully saturated rings. The lowest BCUT2D eigenvalue weighted by Gasteiger charge is -2.56. The Morgan fingerprint density at radius 2 is 1.78 bits per heavy atom. The summed E-state index contributed by atoms with van der Waals surface area (Å²) >= 11 is 6.21. The van der Waals surface area contributed by atoms with Crippen LogP contribution in [0.25, 0.3) is 0 Å². The first-order valence-electron chi connectivity index (χ1n) is 8.82. The maximum absolute atomic E-state index is 12.6. The minimum Gasteiger partial charge on any atom is -0.388 e. The Balaban J connectivity index is 1.46. The first-order chi connectivity index (χ1) is 11.1. The number of halogens is 1. The molecule has 1 aromatic carbocycles. The molecule has 0 unspecified atom stereocenters. The fourth-order valence-electron chi connectivity index (χ4n) is 5.72. The van der Waals surface area contributed by atoms with Crippen molar-refractivity contribution in [3.8, 4) is 0 Å². The summed E-state index contributed by atoms with van der Waals surface area (Å²) < 4.78 is 0. The van der Waals surface area contributed by atoms with Crippen LogP contribution in [0.1, 0.15) is 48.9 Å². The van der Waals surface area contributed by atoms with Gasteiger partial charge in [0, 0.05) is 19.3 Å². The lowest BCUT2D eigenvalue weighted by atomic mass is 9.49. The summed E-state index contributed by atoms with van der Waals surface area (Å²) in [7, 11) is 1.85. The zero-order valence-electron chi connectivity index (χ0n) is 13.7. The molecule has 0 aromatic heterocycles. The predicted octanol–water partition coefficient (Wildman–Crippen LogP) is 4.33. The van der Waals surface area contributed by atoms with Gasteiger partial charge in [-0.1, -0.05) is 11.6 Å². The molecule has 1 aromatic rings. The van der Waals surface area contributed by atoms with Gasteiger partial charge in [-0.3, -0.25) is 4.79 Å². The Bertz CT molecular complexity index is 593. The number of rotatable bonds is 4. The zero-order valence-corrected chi connectivity index (χ0v) is 14.5. The molecule has 23 heavy (non-hydrogen) atoms. The Hall–Kier alpha value is -1.22. The second-order valence-electron chi connectivity index (χ2n) is 8.04. The summed E-state index contributed by atoms with van der Waals surface area (Å²) in [4.78, 5) is 12.6. The van der Waals surface area contributed by atoms with E-state index in [2.05, 4.69) is 10.6 Å². The molecule has 0 saturated heterocycles. The summed E-state index contributed by atoms with van der Waals surface area (Å²) in [5, 5.41) is 6.78. The van der Waals surface area contributed by atoms with Crippen molar-refractivity contribution in [3.63, 3.8) is 0 Å². The molecule has 4 aliphatic rings. The number of nitrogens with one attached hydrogen (secondary N) is 2. The van der Waals surface area contributed by atoms with Crippen molar-refractivity contribution >= 4 is 23.2 Å². The van der Waals surface area contributed by atoms with Crippen molar-refractivity contribution < 1.29 is 4.79 Å². The van der Waals surface area contributed by atoms with Gasteiger partial charge in [0.25, 0.3) is 5.91 Å². The molecular formula is C19H25ClN2O. The number of amides is 1. The van der Waals surface area contributed by atoms with Crippen LogP contribution in [-0.4, -0.2) is 19.5 Å². The van der Waals surface area contributed by atoms with Crippen LogP contribution in [0.5, 0.6) is 0 Å². The van der Waals surface area contributed by atoms with E-state index in [1.807, 2.05) is 19.2 Å². The third-order valence-corrected chi connectivity index (χ3v) is 6.62. The summed E-state index contributed by atoms with van der Waals surface area (Å²) in [6, 6.07) is 5.50. The van der Waals surface area contributed by atoms with Crippen LogP contribution in [-0.2, 0) is 0 Å². The molecular weight excluding hydrogens is 308 g/mol. The van der Waals surface area contributed by atoms with Gasteiger partial charge in [-0.25, -0.2) is 0 Å². The van der Waals surface area contributed by atoms with Gasteiger partial charge in [0.05, 0.1) is 10.6 Å².